The Kier molecular flexibility index (Phi) is 3.51. The fraction of sp³-hybridized carbons (Fsp3) is 0.200. The van der Waals surface area contributed by atoms with Gasteiger partial charge in [0.15, 0.2) is 0 Å². The minimum atomic E-state index is 0.0517. The van der Waals surface area contributed by atoms with Crippen LogP contribution in [0.25, 0.3) is 11.1 Å². The minimum absolute atomic E-state index is 0.0517. The third-order valence-corrected chi connectivity index (χ3v) is 3.32. The number of nitrogens with two attached hydrogens (primary N) is 1. The van der Waals surface area contributed by atoms with Gasteiger partial charge in [0.2, 0.25) is 0 Å². The molecule has 0 aliphatic heterocycles. The first kappa shape index (κ1) is 12.2. The largest absolute Gasteiger partial charge is 0.324 e. The smallest absolute Gasteiger partial charge is 0.0441 e. The molecule has 0 heterocycles. The zero-order valence-corrected chi connectivity index (χ0v) is 10.8. The number of rotatable bonds is 2. The zero-order valence-electron chi connectivity index (χ0n) is 10.1. The molecular weight excluding hydrogens is 230 g/mol. The van der Waals surface area contributed by atoms with Crippen LogP contribution < -0.4 is 5.73 Å². The first-order chi connectivity index (χ1) is 8.08. The van der Waals surface area contributed by atoms with Crippen molar-refractivity contribution in [2.24, 2.45) is 5.73 Å². The van der Waals surface area contributed by atoms with Gasteiger partial charge in [0.25, 0.3) is 0 Å². The fourth-order valence-corrected chi connectivity index (χ4v) is 1.95. The van der Waals surface area contributed by atoms with Gasteiger partial charge in [0.05, 0.1) is 0 Å². The molecule has 2 rings (SSSR count). The van der Waals surface area contributed by atoms with Gasteiger partial charge in [-0.3, -0.25) is 0 Å². The molecule has 2 aromatic carbocycles. The molecular formula is C15H16ClN. The summed E-state index contributed by atoms with van der Waals surface area (Å²) < 4.78 is 0. The maximum Gasteiger partial charge on any atom is 0.0441 e. The summed E-state index contributed by atoms with van der Waals surface area (Å²) in [6.07, 6.45) is 0. The van der Waals surface area contributed by atoms with Gasteiger partial charge in [-0.1, -0.05) is 41.9 Å². The number of halogens is 1. The molecule has 1 unspecified atom stereocenters. The van der Waals surface area contributed by atoms with Crippen molar-refractivity contribution in [1.29, 1.82) is 0 Å². The number of benzene rings is 2. The van der Waals surface area contributed by atoms with Crippen LogP contribution in [-0.2, 0) is 0 Å². The molecule has 0 aromatic heterocycles. The van der Waals surface area contributed by atoms with Crippen LogP contribution >= 0.6 is 11.6 Å². The first-order valence-corrected chi connectivity index (χ1v) is 6.08. The lowest BCUT2D eigenvalue weighted by Crippen LogP contribution is -2.04. The molecule has 0 spiro atoms. The molecule has 2 heteroatoms. The molecule has 0 fully saturated rings. The van der Waals surface area contributed by atoms with E-state index in [1.807, 2.05) is 38.1 Å². The third kappa shape index (κ3) is 2.68. The second-order valence-electron chi connectivity index (χ2n) is 4.38. The van der Waals surface area contributed by atoms with Crippen LogP contribution in [-0.4, -0.2) is 0 Å². The molecule has 1 nitrogen and oxygen atoms in total. The molecule has 2 N–H and O–H groups in total. The minimum Gasteiger partial charge on any atom is -0.324 e. The Labute approximate surface area is 107 Å². The predicted octanol–water partition coefficient (Wildman–Crippen LogP) is 4.34. The van der Waals surface area contributed by atoms with Gasteiger partial charge < -0.3 is 5.73 Å². The van der Waals surface area contributed by atoms with Crippen molar-refractivity contribution in [3.05, 3.63) is 58.6 Å². The molecule has 88 valence electrons. The average molecular weight is 246 g/mol. The fourth-order valence-electron chi connectivity index (χ4n) is 1.77. The summed E-state index contributed by atoms with van der Waals surface area (Å²) in [5.74, 6) is 0. The van der Waals surface area contributed by atoms with Crippen molar-refractivity contribution in [2.45, 2.75) is 19.9 Å². The highest BCUT2D eigenvalue weighted by Gasteiger charge is 2.04. The van der Waals surface area contributed by atoms with E-state index in [1.165, 1.54) is 0 Å². The monoisotopic (exact) mass is 245 g/mol. The van der Waals surface area contributed by atoms with E-state index < -0.39 is 0 Å². The van der Waals surface area contributed by atoms with Crippen LogP contribution in [0.15, 0.2) is 42.5 Å². The molecule has 0 aliphatic carbocycles. The highest BCUT2D eigenvalue weighted by atomic mass is 35.5. The lowest BCUT2D eigenvalue weighted by atomic mass is 10.00. The van der Waals surface area contributed by atoms with Crippen LogP contribution in [0.1, 0.15) is 24.1 Å². The maximum atomic E-state index is 6.14. The van der Waals surface area contributed by atoms with Gasteiger partial charge in [-0.2, -0.15) is 0 Å². The van der Waals surface area contributed by atoms with Crippen molar-refractivity contribution in [3.63, 3.8) is 0 Å². The van der Waals surface area contributed by atoms with Crippen molar-refractivity contribution in [2.75, 3.05) is 0 Å². The summed E-state index contributed by atoms with van der Waals surface area (Å²) in [5.41, 5.74) is 10.4. The number of aryl methyl sites for hydroxylation is 1. The van der Waals surface area contributed by atoms with Crippen LogP contribution in [0.2, 0.25) is 5.02 Å². The summed E-state index contributed by atoms with van der Waals surface area (Å²) in [6.45, 7) is 3.99. The molecule has 0 amide bonds. The molecule has 0 saturated heterocycles. The molecule has 2 aromatic rings. The van der Waals surface area contributed by atoms with Crippen molar-refractivity contribution in [1.82, 2.24) is 0 Å². The quantitative estimate of drug-likeness (QED) is 0.837. The van der Waals surface area contributed by atoms with Gasteiger partial charge >= 0.3 is 0 Å². The SMILES string of the molecule is Cc1ccc(-c2cccc(C(C)N)c2)cc1Cl. The second kappa shape index (κ2) is 4.91. The standard InChI is InChI=1S/C15H16ClN/c1-10-6-7-14(9-15(10)16)13-5-3-4-12(8-13)11(2)17/h3-9,11H,17H2,1-2H3. The van der Waals surface area contributed by atoms with Gasteiger partial charge in [-0.05, 0) is 48.2 Å². The predicted molar refractivity (Wildman–Crippen MR) is 74.2 cm³/mol. The third-order valence-electron chi connectivity index (χ3n) is 2.92. The number of hydrogen-bond donors (Lipinski definition) is 1. The van der Waals surface area contributed by atoms with E-state index in [9.17, 15) is 0 Å². The molecule has 0 aliphatic rings. The van der Waals surface area contributed by atoms with Crippen LogP contribution in [0.3, 0.4) is 0 Å². The maximum absolute atomic E-state index is 6.14. The topological polar surface area (TPSA) is 26.0 Å². The van der Waals surface area contributed by atoms with E-state index in [2.05, 4.69) is 18.2 Å². The van der Waals surface area contributed by atoms with Crippen molar-refractivity contribution in [3.8, 4) is 11.1 Å². The Morgan fingerprint density at radius 3 is 2.41 bits per heavy atom. The van der Waals surface area contributed by atoms with E-state index in [4.69, 9.17) is 17.3 Å². The van der Waals surface area contributed by atoms with Crippen molar-refractivity contribution >= 4 is 11.6 Å². The van der Waals surface area contributed by atoms with Crippen LogP contribution in [0.5, 0.6) is 0 Å². The highest BCUT2D eigenvalue weighted by Crippen LogP contribution is 2.26. The zero-order chi connectivity index (χ0) is 12.4. The van der Waals surface area contributed by atoms with Gasteiger partial charge in [-0.15, -0.1) is 0 Å². The van der Waals surface area contributed by atoms with E-state index in [-0.39, 0.29) is 6.04 Å². The Balaban J connectivity index is 2.45. The molecule has 1 atom stereocenters. The molecule has 17 heavy (non-hydrogen) atoms. The second-order valence-corrected chi connectivity index (χ2v) is 4.79. The summed E-state index contributed by atoms with van der Waals surface area (Å²) >= 11 is 6.14. The number of hydrogen-bond acceptors (Lipinski definition) is 1. The summed E-state index contributed by atoms with van der Waals surface area (Å²) in [6, 6.07) is 14.4. The Morgan fingerprint density at radius 1 is 1.06 bits per heavy atom. The Bertz CT molecular complexity index is 532. The van der Waals surface area contributed by atoms with Crippen molar-refractivity contribution < 1.29 is 0 Å². The molecule has 0 saturated carbocycles. The molecule has 0 radical (unpaired) electrons. The molecule has 0 bridgehead atoms. The highest BCUT2D eigenvalue weighted by molar-refractivity contribution is 6.31. The van der Waals surface area contributed by atoms with E-state index in [0.717, 1.165) is 27.3 Å². The Hall–Kier alpha value is -1.31. The van der Waals surface area contributed by atoms with E-state index >= 15 is 0 Å². The van der Waals surface area contributed by atoms with Gasteiger partial charge in [0, 0.05) is 11.1 Å². The first-order valence-electron chi connectivity index (χ1n) is 5.70. The summed E-state index contributed by atoms with van der Waals surface area (Å²) in [5, 5.41) is 0.800. The summed E-state index contributed by atoms with van der Waals surface area (Å²) in [7, 11) is 0. The average Bonchev–Trinajstić information content (AvgIpc) is 2.33. The van der Waals surface area contributed by atoms with Crippen LogP contribution in [0, 0.1) is 6.92 Å². The van der Waals surface area contributed by atoms with E-state index in [0.29, 0.717) is 0 Å². The van der Waals surface area contributed by atoms with Crippen LogP contribution in [0.4, 0.5) is 0 Å². The Morgan fingerprint density at radius 2 is 1.76 bits per heavy atom. The van der Waals surface area contributed by atoms with Gasteiger partial charge in [0.1, 0.15) is 0 Å². The van der Waals surface area contributed by atoms with E-state index in [1.54, 1.807) is 0 Å². The van der Waals surface area contributed by atoms with Gasteiger partial charge in [-0.25, -0.2) is 0 Å². The lowest BCUT2D eigenvalue weighted by molar-refractivity contribution is 0.819. The normalized spacial score (nSPS) is 12.5. The summed E-state index contributed by atoms with van der Waals surface area (Å²) in [4.78, 5) is 0. The lowest BCUT2D eigenvalue weighted by Gasteiger charge is -2.09.